The SMILES string of the molecule is COC(=O)C1=C(C(=O)OC)N(c2ccccc2NC2CCCC2)C=CC=C1. The van der Waals surface area contributed by atoms with Crippen LogP contribution in [-0.2, 0) is 19.1 Å². The Morgan fingerprint density at radius 2 is 1.74 bits per heavy atom. The lowest BCUT2D eigenvalue weighted by Crippen LogP contribution is -2.28. The lowest BCUT2D eigenvalue weighted by atomic mass is 10.1. The smallest absolute Gasteiger partial charge is 0.355 e. The Balaban J connectivity index is 2.08. The van der Waals surface area contributed by atoms with Gasteiger partial charge in [0.1, 0.15) is 5.70 Å². The Morgan fingerprint density at radius 3 is 2.44 bits per heavy atom. The minimum atomic E-state index is -0.609. The first-order valence-corrected chi connectivity index (χ1v) is 9.06. The Bertz CT molecular complexity index is 804. The maximum absolute atomic E-state index is 12.6. The Labute approximate surface area is 159 Å². The van der Waals surface area contributed by atoms with Crippen LogP contribution in [0.4, 0.5) is 11.4 Å². The Hall–Kier alpha value is -3.02. The standard InChI is InChI=1S/C21H24N2O4/c1-26-20(24)16-11-7-8-14-23(19(16)21(25)27-2)18-13-6-5-12-17(18)22-15-9-3-4-10-15/h5-8,11-15,22H,3-4,9-10H2,1-2H3. The van der Waals surface area contributed by atoms with E-state index in [1.165, 1.54) is 27.1 Å². The van der Waals surface area contributed by atoms with Crippen molar-refractivity contribution in [3.63, 3.8) is 0 Å². The highest BCUT2D eigenvalue weighted by atomic mass is 16.5. The number of ether oxygens (including phenoxy) is 2. The van der Waals surface area contributed by atoms with E-state index in [-0.39, 0.29) is 11.3 Å². The van der Waals surface area contributed by atoms with E-state index < -0.39 is 11.9 Å². The van der Waals surface area contributed by atoms with Crippen LogP contribution in [0.3, 0.4) is 0 Å². The second kappa shape index (κ2) is 8.58. The first-order chi connectivity index (χ1) is 13.2. The van der Waals surface area contributed by atoms with Gasteiger partial charge >= 0.3 is 11.9 Å². The fourth-order valence-corrected chi connectivity index (χ4v) is 3.45. The summed E-state index contributed by atoms with van der Waals surface area (Å²) in [4.78, 5) is 26.5. The van der Waals surface area contributed by atoms with Gasteiger partial charge in [-0.2, -0.15) is 0 Å². The van der Waals surface area contributed by atoms with Crippen molar-refractivity contribution in [1.82, 2.24) is 0 Å². The summed E-state index contributed by atoms with van der Waals surface area (Å²) in [7, 11) is 2.58. The summed E-state index contributed by atoms with van der Waals surface area (Å²) in [5, 5.41) is 3.58. The lowest BCUT2D eigenvalue weighted by molar-refractivity contribution is -0.139. The van der Waals surface area contributed by atoms with Gasteiger partial charge in [0, 0.05) is 12.2 Å². The molecule has 1 aliphatic carbocycles. The predicted molar refractivity (Wildman–Crippen MR) is 104 cm³/mol. The summed E-state index contributed by atoms with van der Waals surface area (Å²) in [6, 6.07) is 8.14. The number of anilines is 2. The van der Waals surface area contributed by atoms with E-state index in [0.29, 0.717) is 6.04 Å². The van der Waals surface area contributed by atoms with Crippen LogP contribution in [0, 0.1) is 0 Å². The molecule has 0 radical (unpaired) electrons. The number of benzene rings is 1. The van der Waals surface area contributed by atoms with E-state index in [1.54, 1.807) is 29.3 Å². The molecule has 1 fully saturated rings. The summed E-state index contributed by atoms with van der Waals surface area (Å²) in [6.07, 6.45) is 11.4. The third-order valence-electron chi connectivity index (χ3n) is 4.77. The number of nitrogens with zero attached hydrogens (tertiary/aromatic N) is 1. The molecule has 142 valence electrons. The van der Waals surface area contributed by atoms with Gasteiger partial charge in [-0.3, -0.25) is 0 Å². The number of para-hydroxylation sites is 2. The van der Waals surface area contributed by atoms with Crippen LogP contribution in [0.25, 0.3) is 0 Å². The average Bonchev–Trinajstić information content (AvgIpc) is 3.11. The number of methoxy groups -OCH3 is 2. The summed E-state index contributed by atoms with van der Waals surface area (Å²) < 4.78 is 9.83. The van der Waals surface area contributed by atoms with Gasteiger partial charge in [0.2, 0.25) is 0 Å². The highest BCUT2D eigenvalue weighted by Gasteiger charge is 2.29. The third-order valence-corrected chi connectivity index (χ3v) is 4.77. The van der Waals surface area contributed by atoms with Crippen LogP contribution in [0.5, 0.6) is 0 Å². The quantitative estimate of drug-likeness (QED) is 0.802. The van der Waals surface area contributed by atoms with E-state index in [1.807, 2.05) is 24.3 Å². The number of esters is 2. The second-order valence-corrected chi connectivity index (χ2v) is 6.46. The van der Waals surface area contributed by atoms with Gasteiger partial charge in [-0.1, -0.05) is 31.1 Å². The van der Waals surface area contributed by atoms with Gasteiger partial charge in [0.25, 0.3) is 0 Å². The van der Waals surface area contributed by atoms with Crippen LogP contribution in [-0.4, -0.2) is 32.2 Å². The molecule has 0 atom stereocenters. The molecule has 1 heterocycles. The first kappa shape index (κ1) is 18.8. The first-order valence-electron chi connectivity index (χ1n) is 9.06. The van der Waals surface area contributed by atoms with Gasteiger partial charge in [0.15, 0.2) is 0 Å². The van der Waals surface area contributed by atoms with Crippen molar-refractivity contribution in [2.75, 3.05) is 24.4 Å². The number of nitrogens with one attached hydrogen (secondary N) is 1. The van der Waals surface area contributed by atoms with Crippen LogP contribution < -0.4 is 10.2 Å². The third kappa shape index (κ3) is 4.05. The van der Waals surface area contributed by atoms with Crippen LogP contribution >= 0.6 is 0 Å². The molecule has 0 amide bonds. The molecule has 6 heteroatoms. The van der Waals surface area contributed by atoms with E-state index in [4.69, 9.17) is 9.47 Å². The summed E-state index contributed by atoms with van der Waals surface area (Å²) in [5.74, 6) is -1.20. The van der Waals surface area contributed by atoms with E-state index in [0.717, 1.165) is 24.2 Å². The molecule has 27 heavy (non-hydrogen) atoms. The maximum Gasteiger partial charge on any atom is 0.355 e. The minimum Gasteiger partial charge on any atom is -0.465 e. The predicted octanol–water partition coefficient (Wildman–Crippen LogP) is 3.53. The summed E-state index contributed by atoms with van der Waals surface area (Å²) in [5.41, 5.74) is 1.94. The number of carbonyl (C=O) groups excluding carboxylic acids is 2. The Kier molecular flexibility index (Phi) is 5.96. The molecule has 6 nitrogen and oxygen atoms in total. The topological polar surface area (TPSA) is 67.9 Å². The van der Waals surface area contributed by atoms with Crippen molar-refractivity contribution in [3.05, 3.63) is 60.0 Å². The van der Waals surface area contributed by atoms with Crippen molar-refractivity contribution in [1.29, 1.82) is 0 Å². The highest BCUT2D eigenvalue weighted by Crippen LogP contribution is 2.34. The molecule has 1 aromatic carbocycles. The second-order valence-electron chi connectivity index (χ2n) is 6.46. The number of carbonyl (C=O) groups is 2. The van der Waals surface area contributed by atoms with Gasteiger partial charge in [-0.15, -0.1) is 0 Å². The van der Waals surface area contributed by atoms with Crippen molar-refractivity contribution < 1.29 is 19.1 Å². The van der Waals surface area contributed by atoms with Gasteiger partial charge in [-0.25, -0.2) is 9.59 Å². The molecule has 1 saturated carbocycles. The molecule has 0 bridgehead atoms. The number of hydrogen-bond acceptors (Lipinski definition) is 6. The van der Waals surface area contributed by atoms with Gasteiger partial charge in [-0.05, 0) is 37.1 Å². The number of hydrogen-bond donors (Lipinski definition) is 1. The molecule has 0 unspecified atom stereocenters. The molecule has 1 aliphatic heterocycles. The number of rotatable bonds is 5. The molecule has 0 spiro atoms. The molecule has 3 rings (SSSR count). The highest BCUT2D eigenvalue weighted by molar-refractivity contribution is 6.06. The fourth-order valence-electron chi connectivity index (χ4n) is 3.45. The van der Waals surface area contributed by atoms with Gasteiger partial charge in [0.05, 0.1) is 31.2 Å². The van der Waals surface area contributed by atoms with Crippen molar-refractivity contribution in [3.8, 4) is 0 Å². The van der Waals surface area contributed by atoms with Crippen LogP contribution in [0.2, 0.25) is 0 Å². The molecule has 1 aromatic rings. The van der Waals surface area contributed by atoms with Crippen molar-refractivity contribution in [2.24, 2.45) is 0 Å². The van der Waals surface area contributed by atoms with E-state index >= 15 is 0 Å². The largest absolute Gasteiger partial charge is 0.465 e. The van der Waals surface area contributed by atoms with Crippen molar-refractivity contribution in [2.45, 2.75) is 31.7 Å². The summed E-state index contributed by atoms with van der Waals surface area (Å²) in [6.45, 7) is 0. The van der Waals surface area contributed by atoms with Crippen LogP contribution in [0.15, 0.2) is 60.0 Å². The molecular formula is C21H24N2O4. The monoisotopic (exact) mass is 368 g/mol. The molecule has 0 aromatic heterocycles. The normalized spacial score (nSPS) is 17.0. The molecule has 0 saturated heterocycles. The fraction of sp³-hybridized carbons (Fsp3) is 0.333. The average molecular weight is 368 g/mol. The zero-order valence-corrected chi connectivity index (χ0v) is 15.6. The van der Waals surface area contributed by atoms with Crippen molar-refractivity contribution >= 4 is 23.3 Å². The molecular weight excluding hydrogens is 344 g/mol. The Morgan fingerprint density at radius 1 is 1.04 bits per heavy atom. The lowest BCUT2D eigenvalue weighted by Gasteiger charge is -2.27. The molecule has 2 aliphatic rings. The van der Waals surface area contributed by atoms with E-state index in [2.05, 4.69) is 5.32 Å². The zero-order valence-electron chi connectivity index (χ0n) is 15.6. The minimum absolute atomic E-state index is 0.120. The zero-order chi connectivity index (χ0) is 19.2. The van der Waals surface area contributed by atoms with Gasteiger partial charge < -0.3 is 19.7 Å². The number of allylic oxidation sites excluding steroid dienone is 2. The summed E-state index contributed by atoms with van der Waals surface area (Å²) >= 11 is 0. The van der Waals surface area contributed by atoms with E-state index in [9.17, 15) is 9.59 Å². The molecule has 1 N–H and O–H groups in total. The van der Waals surface area contributed by atoms with Crippen LogP contribution in [0.1, 0.15) is 25.7 Å². The maximum atomic E-state index is 12.6.